The molecule has 2 heterocycles. The van der Waals surface area contributed by atoms with Gasteiger partial charge in [-0.2, -0.15) is 4.98 Å². The lowest BCUT2D eigenvalue weighted by molar-refractivity contribution is 0.632. The summed E-state index contributed by atoms with van der Waals surface area (Å²) < 4.78 is 0. The molecule has 154 valence electrons. The number of hydrogen-bond donors (Lipinski definition) is 0. The summed E-state index contributed by atoms with van der Waals surface area (Å²) in [5.41, 5.74) is 6.98. The molecule has 31 heavy (non-hydrogen) atoms. The van der Waals surface area contributed by atoms with Crippen LogP contribution in [0.4, 0.5) is 17.1 Å². The van der Waals surface area contributed by atoms with Crippen LogP contribution in [0.3, 0.4) is 0 Å². The minimum atomic E-state index is -0.0677. The zero-order chi connectivity index (χ0) is 21.6. The summed E-state index contributed by atoms with van der Waals surface area (Å²) in [7, 11) is 0. The van der Waals surface area contributed by atoms with Gasteiger partial charge in [-0.1, -0.05) is 57.2 Å². The lowest BCUT2D eigenvalue weighted by Crippen LogP contribution is -2.30. The van der Waals surface area contributed by atoms with Crippen molar-refractivity contribution in [3.05, 3.63) is 95.0 Å². The van der Waals surface area contributed by atoms with E-state index in [0.29, 0.717) is 18.1 Å². The number of anilines is 3. The first-order chi connectivity index (χ1) is 15.0. The molecule has 0 saturated heterocycles. The predicted octanol–water partition coefficient (Wildman–Crippen LogP) is 6.86. The van der Waals surface area contributed by atoms with E-state index in [1.165, 1.54) is 22.5 Å². The van der Waals surface area contributed by atoms with Crippen molar-refractivity contribution in [3.8, 4) is 11.4 Å². The summed E-state index contributed by atoms with van der Waals surface area (Å²) >= 11 is 6.10. The molecule has 5 heteroatoms. The Morgan fingerprint density at radius 1 is 0.774 bits per heavy atom. The van der Waals surface area contributed by atoms with E-state index in [2.05, 4.69) is 94.4 Å². The predicted molar refractivity (Wildman–Crippen MR) is 126 cm³/mol. The number of halogens is 1. The van der Waals surface area contributed by atoms with Gasteiger partial charge in [0.2, 0.25) is 5.28 Å². The Morgan fingerprint density at radius 3 is 1.94 bits per heavy atom. The van der Waals surface area contributed by atoms with Gasteiger partial charge < -0.3 is 4.90 Å². The van der Waals surface area contributed by atoms with Crippen LogP contribution in [0, 0.1) is 0 Å². The molecule has 4 aromatic rings. The number of benzene rings is 3. The van der Waals surface area contributed by atoms with Crippen LogP contribution in [0.25, 0.3) is 11.4 Å². The molecule has 0 saturated carbocycles. The summed E-state index contributed by atoms with van der Waals surface area (Å²) in [6.45, 7) is 6.59. The second kappa shape index (κ2) is 7.47. The quantitative estimate of drug-likeness (QED) is 0.358. The van der Waals surface area contributed by atoms with Crippen molar-refractivity contribution in [2.75, 3.05) is 4.90 Å². The van der Waals surface area contributed by atoms with Crippen molar-refractivity contribution in [1.82, 2.24) is 15.0 Å². The van der Waals surface area contributed by atoms with Gasteiger partial charge in [0.15, 0.2) is 5.82 Å². The SMILES string of the molecule is CCc1nc(Cl)nc(-c2ccc(N3c4ccccc4C(C)(C)c4ccccc43)cc2)n1. The van der Waals surface area contributed by atoms with Gasteiger partial charge in [0.1, 0.15) is 5.82 Å². The summed E-state index contributed by atoms with van der Waals surface area (Å²) in [4.78, 5) is 15.3. The van der Waals surface area contributed by atoms with Gasteiger partial charge in [-0.05, 0) is 59.1 Å². The topological polar surface area (TPSA) is 41.9 Å². The smallest absolute Gasteiger partial charge is 0.226 e. The van der Waals surface area contributed by atoms with Crippen molar-refractivity contribution < 1.29 is 0 Å². The van der Waals surface area contributed by atoms with E-state index in [0.717, 1.165) is 11.3 Å². The second-order valence-corrected chi connectivity index (χ2v) is 8.58. The zero-order valence-electron chi connectivity index (χ0n) is 17.8. The third-order valence-corrected chi connectivity index (χ3v) is 6.16. The number of nitrogens with zero attached hydrogens (tertiary/aromatic N) is 4. The van der Waals surface area contributed by atoms with Crippen LogP contribution >= 0.6 is 11.6 Å². The van der Waals surface area contributed by atoms with Crippen LogP contribution in [0.2, 0.25) is 5.28 Å². The minimum Gasteiger partial charge on any atom is -0.310 e. The monoisotopic (exact) mass is 426 g/mol. The number of hydrogen-bond acceptors (Lipinski definition) is 4. The van der Waals surface area contributed by atoms with Crippen LogP contribution in [0.1, 0.15) is 37.7 Å². The van der Waals surface area contributed by atoms with Gasteiger partial charge in [0, 0.05) is 23.1 Å². The number of aryl methyl sites for hydroxylation is 1. The molecule has 1 aliphatic rings. The Labute approximate surface area is 187 Å². The molecule has 0 N–H and O–H groups in total. The van der Waals surface area contributed by atoms with E-state index in [4.69, 9.17) is 11.6 Å². The summed E-state index contributed by atoms with van der Waals surface area (Å²) in [5.74, 6) is 1.30. The Bertz CT molecular complexity index is 1220. The normalized spacial score (nSPS) is 14.1. The van der Waals surface area contributed by atoms with E-state index in [9.17, 15) is 0 Å². The fraction of sp³-hybridized carbons (Fsp3) is 0.192. The molecule has 1 aromatic heterocycles. The maximum atomic E-state index is 6.10. The molecule has 0 atom stereocenters. The van der Waals surface area contributed by atoms with E-state index < -0.39 is 0 Å². The molecule has 4 nitrogen and oxygen atoms in total. The first kappa shape index (κ1) is 19.7. The molecule has 0 unspecified atom stereocenters. The van der Waals surface area contributed by atoms with Gasteiger partial charge in [-0.25, -0.2) is 9.97 Å². The van der Waals surface area contributed by atoms with Crippen molar-refractivity contribution in [2.45, 2.75) is 32.6 Å². The first-order valence-corrected chi connectivity index (χ1v) is 10.9. The van der Waals surface area contributed by atoms with Crippen molar-refractivity contribution >= 4 is 28.7 Å². The van der Waals surface area contributed by atoms with Crippen molar-refractivity contribution in [3.63, 3.8) is 0 Å². The zero-order valence-corrected chi connectivity index (χ0v) is 18.6. The Kier molecular flexibility index (Phi) is 4.75. The van der Waals surface area contributed by atoms with E-state index in [1.54, 1.807) is 0 Å². The number of para-hydroxylation sites is 2. The van der Waals surface area contributed by atoms with Crippen molar-refractivity contribution in [1.29, 1.82) is 0 Å². The fourth-order valence-corrected chi connectivity index (χ4v) is 4.56. The second-order valence-electron chi connectivity index (χ2n) is 8.24. The number of aromatic nitrogens is 3. The third kappa shape index (κ3) is 3.28. The molecule has 3 aromatic carbocycles. The van der Waals surface area contributed by atoms with Gasteiger partial charge in [0.25, 0.3) is 0 Å². The molecular formula is C26H23ClN4. The summed E-state index contributed by atoms with van der Waals surface area (Å²) in [6, 6.07) is 25.6. The summed E-state index contributed by atoms with van der Waals surface area (Å²) in [6.07, 6.45) is 0.713. The largest absolute Gasteiger partial charge is 0.310 e. The molecule has 1 aliphatic heterocycles. The molecule has 0 bridgehead atoms. The average molecular weight is 427 g/mol. The van der Waals surface area contributed by atoms with Gasteiger partial charge in [-0.15, -0.1) is 0 Å². The van der Waals surface area contributed by atoms with Crippen LogP contribution in [-0.2, 0) is 11.8 Å². The molecule has 0 radical (unpaired) electrons. The van der Waals surface area contributed by atoms with Crippen LogP contribution in [0.5, 0.6) is 0 Å². The highest BCUT2D eigenvalue weighted by Crippen LogP contribution is 2.51. The van der Waals surface area contributed by atoms with E-state index in [-0.39, 0.29) is 10.7 Å². The molecule has 0 spiro atoms. The third-order valence-electron chi connectivity index (χ3n) is 5.99. The molecule has 0 aliphatic carbocycles. The average Bonchev–Trinajstić information content (AvgIpc) is 2.79. The van der Waals surface area contributed by atoms with E-state index in [1.807, 2.05) is 19.1 Å². The van der Waals surface area contributed by atoms with Crippen LogP contribution < -0.4 is 4.90 Å². The summed E-state index contributed by atoms with van der Waals surface area (Å²) in [5, 5.41) is 0.229. The lowest BCUT2D eigenvalue weighted by atomic mass is 9.73. The van der Waals surface area contributed by atoms with Crippen LogP contribution in [0.15, 0.2) is 72.8 Å². The highest BCUT2D eigenvalue weighted by Gasteiger charge is 2.36. The fourth-order valence-electron chi connectivity index (χ4n) is 4.39. The number of rotatable bonds is 3. The lowest BCUT2D eigenvalue weighted by Gasteiger charge is -2.42. The highest BCUT2D eigenvalue weighted by molar-refractivity contribution is 6.28. The standard InChI is InChI=1S/C26H23ClN4/c1-4-23-28-24(30-25(27)29-23)17-13-15-18(16-14-17)31-21-11-7-5-9-19(21)26(2,3)20-10-6-8-12-22(20)31/h5-16H,4H2,1-3H3. The van der Waals surface area contributed by atoms with Gasteiger partial charge in [-0.3, -0.25) is 0 Å². The van der Waals surface area contributed by atoms with E-state index >= 15 is 0 Å². The molecule has 0 amide bonds. The Hall–Kier alpha value is -3.24. The van der Waals surface area contributed by atoms with Gasteiger partial charge >= 0.3 is 0 Å². The molecule has 0 fully saturated rings. The van der Waals surface area contributed by atoms with Gasteiger partial charge in [0.05, 0.1) is 11.4 Å². The molecular weight excluding hydrogens is 404 g/mol. The van der Waals surface area contributed by atoms with Crippen molar-refractivity contribution in [2.24, 2.45) is 0 Å². The Morgan fingerprint density at radius 2 is 1.35 bits per heavy atom. The van der Waals surface area contributed by atoms with Crippen LogP contribution in [-0.4, -0.2) is 15.0 Å². The number of fused-ring (bicyclic) bond motifs is 2. The maximum absolute atomic E-state index is 6.10. The Balaban J connectivity index is 1.62. The minimum absolute atomic E-state index is 0.0677. The molecule has 5 rings (SSSR count). The highest BCUT2D eigenvalue weighted by atomic mass is 35.5. The maximum Gasteiger partial charge on any atom is 0.226 e. The first-order valence-electron chi connectivity index (χ1n) is 10.5.